The first-order valence-corrected chi connectivity index (χ1v) is 7.56. The molecule has 0 radical (unpaired) electrons. The van der Waals surface area contributed by atoms with E-state index in [-0.39, 0.29) is 0 Å². The zero-order valence-corrected chi connectivity index (χ0v) is 11.6. The van der Waals surface area contributed by atoms with E-state index in [0.717, 1.165) is 25.9 Å². The Kier molecular flexibility index (Phi) is 3.06. The summed E-state index contributed by atoms with van der Waals surface area (Å²) in [5.74, 6) is 0. The summed E-state index contributed by atoms with van der Waals surface area (Å²) >= 11 is 0. The second-order valence-corrected chi connectivity index (χ2v) is 5.76. The van der Waals surface area contributed by atoms with Gasteiger partial charge in [0.05, 0.1) is 12.1 Å². The maximum absolute atomic E-state index is 3.72. The lowest BCUT2D eigenvalue weighted by Gasteiger charge is -2.37. The Balaban J connectivity index is 1.77. The van der Waals surface area contributed by atoms with E-state index >= 15 is 0 Å². The van der Waals surface area contributed by atoms with Crippen LogP contribution in [0.3, 0.4) is 0 Å². The van der Waals surface area contributed by atoms with Crippen molar-refractivity contribution in [2.75, 3.05) is 13.1 Å². The van der Waals surface area contributed by atoms with Gasteiger partial charge in [-0.1, -0.05) is 48.5 Å². The predicted molar refractivity (Wildman–Crippen MR) is 81.8 cm³/mol. The summed E-state index contributed by atoms with van der Waals surface area (Å²) in [6, 6.07) is 18.5. The van der Waals surface area contributed by atoms with Gasteiger partial charge in [-0.3, -0.25) is 0 Å². The summed E-state index contributed by atoms with van der Waals surface area (Å²) in [7, 11) is 0. The van der Waals surface area contributed by atoms with Gasteiger partial charge in [0.15, 0.2) is 0 Å². The molecule has 0 aromatic heterocycles. The quantitative estimate of drug-likeness (QED) is 0.827. The normalized spacial score (nSPS) is 24.8. The van der Waals surface area contributed by atoms with Crippen molar-refractivity contribution < 1.29 is 0 Å². The predicted octanol–water partition coefficient (Wildman–Crippen LogP) is 2.76. The molecule has 2 aliphatic rings. The van der Waals surface area contributed by atoms with E-state index in [9.17, 15) is 0 Å². The zero-order valence-electron chi connectivity index (χ0n) is 11.6. The first kappa shape index (κ1) is 12.1. The molecule has 2 aromatic carbocycles. The van der Waals surface area contributed by atoms with Crippen LogP contribution in [-0.2, 0) is 12.8 Å². The van der Waals surface area contributed by atoms with Crippen molar-refractivity contribution in [2.45, 2.75) is 24.9 Å². The van der Waals surface area contributed by atoms with Crippen molar-refractivity contribution in [1.29, 1.82) is 0 Å². The summed E-state index contributed by atoms with van der Waals surface area (Å²) < 4.78 is 0. The molecule has 0 spiro atoms. The van der Waals surface area contributed by atoms with Crippen molar-refractivity contribution in [3.63, 3.8) is 0 Å². The molecule has 20 heavy (non-hydrogen) atoms. The third kappa shape index (κ3) is 1.96. The average Bonchev–Trinajstić information content (AvgIpc) is 2.54. The number of benzene rings is 2. The van der Waals surface area contributed by atoms with Crippen LogP contribution >= 0.6 is 0 Å². The highest BCUT2D eigenvalue weighted by Gasteiger charge is 2.31. The highest BCUT2D eigenvalue weighted by atomic mass is 15.0. The van der Waals surface area contributed by atoms with Crippen LogP contribution in [0.5, 0.6) is 0 Å². The average molecular weight is 264 g/mol. The van der Waals surface area contributed by atoms with E-state index in [1.165, 1.54) is 22.3 Å². The van der Waals surface area contributed by atoms with Crippen LogP contribution in [-0.4, -0.2) is 13.1 Å². The molecule has 2 aromatic rings. The maximum atomic E-state index is 3.72. The lowest BCUT2D eigenvalue weighted by Crippen LogP contribution is -2.42. The van der Waals surface area contributed by atoms with Crippen LogP contribution in [0, 0.1) is 0 Å². The van der Waals surface area contributed by atoms with Crippen LogP contribution in [0.2, 0.25) is 0 Å². The molecule has 2 unspecified atom stereocenters. The van der Waals surface area contributed by atoms with Gasteiger partial charge in [0.1, 0.15) is 0 Å². The van der Waals surface area contributed by atoms with Gasteiger partial charge in [0.2, 0.25) is 0 Å². The molecule has 2 aliphatic heterocycles. The topological polar surface area (TPSA) is 24.1 Å². The van der Waals surface area contributed by atoms with E-state index < -0.39 is 0 Å². The van der Waals surface area contributed by atoms with Gasteiger partial charge in [-0.25, -0.2) is 0 Å². The SMILES string of the molecule is c1ccc2c(c1)CCNC2C1NCCc2ccccc21. The van der Waals surface area contributed by atoms with Crippen LogP contribution in [0.1, 0.15) is 34.3 Å². The Morgan fingerprint density at radius 3 is 1.60 bits per heavy atom. The summed E-state index contributed by atoms with van der Waals surface area (Å²) in [4.78, 5) is 0. The Hall–Kier alpha value is -1.64. The van der Waals surface area contributed by atoms with E-state index in [0.29, 0.717) is 12.1 Å². The van der Waals surface area contributed by atoms with Crippen molar-refractivity contribution in [2.24, 2.45) is 0 Å². The van der Waals surface area contributed by atoms with E-state index in [4.69, 9.17) is 0 Å². The lowest BCUT2D eigenvalue weighted by molar-refractivity contribution is 0.359. The van der Waals surface area contributed by atoms with Gasteiger partial charge in [0, 0.05) is 0 Å². The van der Waals surface area contributed by atoms with E-state index in [2.05, 4.69) is 59.2 Å². The van der Waals surface area contributed by atoms with Crippen LogP contribution in [0.25, 0.3) is 0 Å². The molecule has 2 N–H and O–H groups in total. The molecule has 0 fully saturated rings. The van der Waals surface area contributed by atoms with Crippen molar-refractivity contribution in [1.82, 2.24) is 10.6 Å². The van der Waals surface area contributed by atoms with Gasteiger partial charge in [-0.2, -0.15) is 0 Å². The molecule has 0 aliphatic carbocycles. The molecule has 102 valence electrons. The number of rotatable bonds is 1. The second-order valence-electron chi connectivity index (χ2n) is 5.76. The fourth-order valence-corrected chi connectivity index (χ4v) is 3.67. The minimum atomic E-state index is 0.390. The van der Waals surface area contributed by atoms with Crippen LogP contribution < -0.4 is 10.6 Å². The van der Waals surface area contributed by atoms with E-state index in [1.54, 1.807) is 0 Å². The molecule has 2 atom stereocenters. The number of nitrogens with one attached hydrogen (secondary N) is 2. The van der Waals surface area contributed by atoms with E-state index in [1.807, 2.05) is 0 Å². The summed E-state index contributed by atoms with van der Waals surface area (Å²) in [6.45, 7) is 2.14. The fourth-order valence-electron chi connectivity index (χ4n) is 3.67. The molecule has 2 nitrogen and oxygen atoms in total. The third-order valence-electron chi connectivity index (χ3n) is 4.63. The Labute approximate surface area is 120 Å². The van der Waals surface area contributed by atoms with Crippen molar-refractivity contribution in [3.8, 4) is 0 Å². The maximum Gasteiger partial charge on any atom is 0.0521 e. The number of hydrogen-bond acceptors (Lipinski definition) is 2. The Morgan fingerprint density at radius 2 is 1.10 bits per heavy atom. The van der Waals surface area contributed by atoms with Crippen LogP contribution in [0.15, 0.2) is 48.5 Å². The zero-order chi connectivity index (χ0) is 13.4. The summed E-state index contributed by atoms with van der Waals surface area (Å²) in [5, 5.41) is 7.45. The largest absolute Gasteiger partial charge is 0.308 e. The monoisotopic (exact) mass is 264 g/mol. The minimum Gasteiger partial charge on any atom is -0.308 e. The van der Waals surface area contributed by atoms with Crippen molar-refractivity contribution in [3.05, 3.63) is 70.8 Å². The number of hydrogen-bond donors (Lipinski definition) is 2. The summed E-state index contributed by atoms with van der Waals surface area (Å²) in [6.07, 6.45) is 2.28. The Morgan fingerprint density at radius 1 is 0.650 bits per heavy atom. The van der Waals surface area contributed by atoms with Crippen LogP contribution in [0.4, 0.5) is 0 Å². The second kappa shape index (κ2) is 5.04. The van der Waals surface area contributed by atoms with Gasteiger partial charge in [-0.05, 0) is 48.2 Å². The first-order valence-electron chi connectivity index (χ1n) is 7.56. The minimum absolute atomic E-state index is 0.390. The van der Waals surface area contributed by atoms with Gasteiger partial charge < -0.3 is 10.6 Å². The van der Waals surface area contributed by atoms with Gasteiger partial charge in [-0.15, -0.1) is 0 Å². The number of fused-ring (bicyclic) bond motifs is 2. The fraction of sp³-hybridized carbons (Fsp3) is 0.333. The molecular weight excluding hydrogens is 244 g/mol. The molecule has 2 heterocycles. The highest BCUT2D eigenvalue weighted by Crippen LogP contribution is 2.36. The standard InChI is InChI=1S/C18H20N2/c1-3-7-15-13(5-1)9-11-19-17(15)18-16-8-4-2-6-14(16)10-12-20-18/h1-8,17-20H,9-12H2. The Bertz CT molecular complexity index is 565. The van der Waals surface area contributed by atoms with Gasteiger partial charge >= 0.3 is 0 Å². The summed E-state index contributed by atoms with van der Waals surface area (Å²) in [5.41, 5.74) is 5.93. The molecule has 0 saturated carbocycles. The molecular formula is C18H20N2. The third-order valence-corrected chi connectivity index (χ3v) is 4.63. The first-order chi connectivity index (χ1) is 9.93. The highest BCUT2D eigenvalue weighted by molar-refractivity contribution is 5.39. The van der Waals surface area contributed by atoms with Crippen molar-refractivity contribution >= 4 is 0 Å². The molecule has 0 amide bonds. The molecule has 0 saturated heterocycles. The van der Waals surface area contributed by atoms with Gasteiger partial charge in [0.25, 0.3) is 0 Å². The molecule has 0 bridgehead atoms. The molecule has 2 heteroatoms. The molecule has 4 rings (SSSR count). The lowest BCUT2D eigenvalue weighted by atomic mass is 9.83. The smallest absolute Gasteiger partial charge is 0.0521 e.